The number of urea groups is 1. The number of carbonyl (C=O) groups is 3. The molecule has 178 valence electrons. The molecule has 0 saturated carbocycles. The van der Waals surface area contributed by atoms with Gasteiger partial charge in [-0.05, 0) is 18.2 Å². The molecule has 4 amide bonds. The summed E-state index contributed by atoms with van der Waals surface area (Å²) >= 11 is 0. The Balaban J connectivity index is 2.43. The van der Waals surface area contributed by atoms with Gasteiger partial charge in [-0.3, -0.25) is 19.7 Å². The molecule has 0 aliphatic heterocycles. The number of hydrogen-bond donors (Lipinski definition) is 2. The van der Waals surface area contributed by atoms with Crippen LogP contribution in [-0.4, -0.2) is 77.1 Å². The molecule has 15 heteroatoms. The Morgan fingerprint density at radius 2 is 1.64 bits per heavy atom. The van der Waals surface area contributed by atoms with Crippen molar-refractivity contribution in [3.8, 4) is 11.8 Å². The van der Waals surface area contributed by atoms with Gasteiger partial charge in [0, 0.05) is 14.1 Å². The maximum absolute atomic E-state index is 13.0. The van der Waals surface area contributed by atoms with E-state index >= 15 is 0 Å². The van der Waals surface area contributed by atoms with Crippen molar-refractivity contribution in [2.24, 2.45) is 0 Å². The molecule has 1 aromatic carbocycles. The predicted molar refractivity (Wildman–Crippen MR) is 114 cm³/mol. The first-order valence-corrected chi connectivity index (χ1v) is 10.5. The van der Waals surface area contributed by atoms with E-state index in [0.29, 0.717) is 6.41 Å². The van der Waals surface area contributed by atoms with Crippen LogP contribution in [0.4, 0.5) is 16.4 Å². The van der Waals surface area contributed by atoms with Crippen molar-refractivity contribution in [3.05, 3.63) is 29.8 Å². The second-order valence-electron chi connectivity index (χ2n) is 6.33. The van der Waals surface area contributed by atoms with Gasteiger partial charge in [0.05, 0.1) is 38.6 Å². The monoisotopic (exact) mass is 482 g/mol. The van der Waals surface area contributed by atoms with Gasteiger partial charge in [0.15, 0.2) is 0 Å². The van der Waals surface area contributed by atoms with Crippen LogP contribution >= 0.6 is 0 Å². The second-order valence-corrected chi connectivity index (χ2v) is 7.98. The van der Waals surface area contributed by atoms with Crippen LogP contribution in [0.25, 0.3) is 0 Å². The SMILES string of the molecule is COc1cc(OC)nc(NC(=O)NS(=O)(=O)c2cc(N(C=O)OC)ccc2C(=O)N(C)C)n1. The van der Waals surface area contributed by atoms with E-state index in [2.05, 4.69) is 15.3 Å². The van der Waals surface area contributed by atoms with Crippen LogP contribution in [0, 0.1) is 0 Å². The summed E-state index contributed by atoms with van der Waals surface area (Å²) in [5.41, 5.74) is -0.241. The summed E-state index contributed by atoms with van der Waals surface area (Å²) in [6, 6.07) is 3.63. The summed E-state index contributed by atoms with van der Waals surface area (Å²) in [6.07, 6.45) is 0.298. The highest BCUT2D eigenvalue weighted by molar-refractivity contribution is 7.90. The minimum Gasteiger partial charge on any atom is -0.481 e. The van der Waals surface area contributed by atoms with Gasteiger partial charge < -0.3 is 14.4 Å². The number of carbonyl (C=O) groups excluding carboxylic acids is 3. The lowest BCUT2D eigenvalue weighted by Gasteiger charge is -2.19. The van der Waals surface area contributed by atoms with Crippen LogP contribution < -0.4 is 24.6 Å². The molecule has 0 radical (unpaired) electrons. The fourth-order valence-corrected chi connectivity index (χ4v) is 3.60. The Kier molecular flexibility index (Phi) is 8.09. The summed E-state index contributed by atoms with van der Waals surface area (Å²) in [4.78, 5) is 49.3. The van der Waals surface area contributed by atoms with E-state index in [9.17, 15) is 22.8 Å². The van der Waals surface area contributed by atoms with E-state index in [1.807, 2.05) is 0 Å². The summed E-state index contributed by atoms with van der Waals surface area (Å²) in [7, 11) is 2.08. The molecule has 0 fully saturated rings. The molecule has 14 nitrogen and oxygen atoms in total. The van der Waals surface area contributed by atoms with Gasteiger partial charge in [0.1, 0.15) is 4.90 Å². The van der Waals surface area contributed by atoms with Gasteiger partial charge in [0.2, 0.25) is 24.1 Å². The number of hydroxylamine groups is 1. The molecule has 0 unspecified atom stereocenters. The summed E-state index contributed by atoms with van der Waals surface area (Å²) in [6.45, 7) is 0. The Hall–Kier alpha value is -3.98. The molecule has 1 aromatic heterocycles. The molecule has 2 rings (SSSR count). The number of nitrogens with zero attached hydrogens (tertiary/aromatic N) is 4. The van der Waals surface area contributed by atoms with Crippen molar-refractivity contribution in [1.82, 2.24) is 19.6 Å². The van der Waals surface area contributed by atoms with Crippen molar-refractivity contribution in [1.29, 1.82) is 0 Å². The molecule has 0 spiro atoms. The number of sulfonamides is 1. The number of anilines is 2. The summed E-state index contributed by atoms with van der Waals surface area (Å²) in [5, 5.41) is 2.89. The van der Waals surface area contributed by atoms with Gasteiger partial charge in [-0.25, -0.2) is 17.9 Å². The lowest BCUT2D eigenvalue weighted by molar-refractivity contribution is -0.112. The Morgan fingerprint density at radius 1 is 1.03 bits per heavy atom. The number of aromatic nitrogens is 2. The van der Waals surface area contributed by atoms with Crippen LogP contribution in [0.3, 0.4) is 0 Å². The molecule has 0 bridgehead atoms. The molecule has 0 atom stereocenters. The van der Waals surface area contributed by atoms with Crippen molar-refractivity contribution < 1.29 is 37.1 Å². The minimum absolute atomic E-state index is 0.00412. The average molecular weight is 482 g/mol. The number of amides is 4. The molecule has 1 heterocycles. The fraction of sp³-hybridized carbons (Fsp3) is 0.278. The molecule has 2 N–H and O–H groups in total. The third kappa shape index (κ3) is 6.05. The first kappa shape index (κ1) is 25.3. The van der Waals surface area contributed by atoms with Gasteiger partial charge in [-0.1, -0.05) is 0 Å². The van der Waals surface area contributed by atoms with Crippen LogP contribution in [0.15, 0.2) is 29.2 Å². The highest BCUT2D eigenvalue weighted by Gasteiger charge is 2.27. The van der Waals surface area contributed by atoms with Gasteiger partial charge in [0.25, 0.3) is 15.9 Å². The van der Waals surface area contributed by atoms with Crippen molar-refractivity contribution >= 4 is 40.0 Å². The maximum atomic E-state index is 13.0. The van der Waals surface area contributed by atoms with E-state index < -0.39 is 26.9 Å². The van der Waals surface area contributed by atoms with Crippen LogP contribution in [0.2, 0.25) is 0 Å². The van der Waals surface area contributed by atoms with Crippen molar-refractivity contribution in [2.75, 3.05) is 45.8 Å². The summed E-state index contributed by atoms with van der Waals surface area (Å²) in [5.74, 6) is -0.845. The smallest absolute Gasteiger partial charge is 0.335 e. The normalized spacial score (nSPS) is 10.7. The molecule has 0 aliphatic carbocycles. The molecule has 0 aliphatic rings. The third-order valence-electron chi connectivity index (χ3n) is 3.99. The van der Waals surface area contributed by atoms with E-state index in [1.54, 1.807) is 4.72 Å². The van der Waals surface area contributed by atoms with E-state index in [1.165, 1.54) is 53.6 Å². The van der Waals surface area contributed by atoms with Crippen molar-refractivity contribution in [3.63, 3.8) is 0 Å². The van der Waals surface area contributed by atoms with E-state index in [0.717, 1.165) is 16.0 Å². The number of nitrogens with one attached hydrogen (secondary N) is 2. The van der Waals surface area contributed by atoms with Gasteiger partial charge in [-0.15, -0.1) is 0 Å². The van der Waals surface area contributed by atoms with Gasteiger partial charge >= 0.3 is 6.03 Å². The first-order valence-electron chi connectivity index (χ1n) is 9.01. The average Bonchev–Trinajstić information content (AvgIpc) is 2.78. The Morgan fingerprint density at radius 3 is 2.12 bits per heavy atom. The maximum Gasteiger partial charge on any atom is 0.335 e. The fourth-order valence-electron chi connectivity index (χ4n) is 2.47. The first-order chi connectivity index (χ1) is 15.6. The number of rotatable bonds is 9. The highest BCUT2D eigenvalue weighted by atomic mass is 32.2. The van der Waals surface area contributed by atoms with Crippen LogP contribution in [0.1, 0.15) is 10.4 Å². The number of benzene rings is 1. The Bertz CT molecular complexity index is 1130. The van der Waals surface area contributed by atoms with Crippen LogP contribution in [0.5, 0.6) is 11.8 Å². The summed E-state index contributed by atoms with van der Waals surface area (Å²) < 4.78 is 37.7. The van der Waals surface area contributed by atoms with Crippen LogP contribution in [-0.2, 0) is 19.7 Å². The lowest BCUT2D eigenvalue weighted by atomic mass is 10.2. The molecule has 33 heavy (non-hydrogen) atoms. The standard InChI is InChI=1S/C18H22N6O8S/c1-23(2)16(26)12-7-6-11(24(10-25)32-5)8-13(12)33(28,29)22-18(27)21-17-19-14(30-3)9-15(20-17)31-4/h6-10H,1-5H3,(H2,19,20,21,22,27). The number of hydrogen-bond acceptors (Lipinski definition) is 10. The molecule has 2 aromatic rings. The zero-order valence-electron chi connectivity index (χ0n) is 18.3. The predicted octanol–water partition coefficient (Wildman–Crippen LogP) is 0.230. The van der Waals surface area contributed by atoms with E-state index in [-0.39, 0.29) is 29.0 Å². The lowest BCUT2D eigenvalue weighted by Crippen LogP contribution is -2.36. The second kappa shape index (κ2) is 10.6. The number of ether oxygens (including phenoxy) is 2. The highest BCUT2D eigenvalue weighted by Crippen LogP contribution is 2.24. The third-order valence-corrected chi connectivity index (χ3v) is 5.36. The van der Waals surface area contributed by atoms with Crippen molar-refractivity contribution in [2.45, 2.75) is 4.90 Å². The zero-order valence-corrected chi connectivity index (χ0v) is 19.2. The molecular formula is C18H22N6O8S. The topological polar surface area (TPSA) is 169 Å². The zero-order chi connectivity index (χ0) is 24.8. The molecular weight excluding hydrogens is 460 g/mol. The van der Waals surface area contributed by atoms with E-state index in [4.69, 9.17) is 14.3 Å². The largest absolute Gasteiger partial charge is 0.481 e. The van der Waals surface area contributed by atoms with Gasteiger partial charge in [-0.2, -0.15) is 15.0 Å². The quantitative estimate of drug-likeness (QED) is 0.373. The minimum atomic E-state index is -4.62. The Labute approximate surface area is 189 Å². The number of methoxy groups -OCH3 is 2. The molecule has 0 saturated heterocycles.